The molecule has 0 saturated carbocycles. The lowest BCUT2D eigenvalue weighted by atomic mass is 10.3. The van der Waals surface area contributed by atoms with Gasteiger partial charge in [-0.3, -0.25) is 0 Å². The lowest BCUT2D eigenvalue weighted by Crippen LogP contribution is -1.96. The van der Waals surface area contributed by atoms with Gasteiger partial charge in [0.1, 0.15) is 0 Å². The first-order valence-electron chi connectivity index (χ1n) is 4.73. The van der Waals surface area contributed by atoms with Gasteiger partial charge in [0, 0.05) is 0 Å². The van der Waals surface area contributed by atoms with E-state index in [0.717, 1.165) is 13.1 Å². The van der Waals surface area contributed by atoms with Crippen molar-refractivity contribution in [2.45, 2.75) is 46.0 Å². The van der Waals surface area contributed by atoms with Crippen molar-refractivity contribution in [2.75, 3.05) is 13.1 Å². The summed E-state index contributed by atoms with van der Waals surface area (Å²) >= 11 is 0. The third-order valence-electron chi connectivity index (χ3n) is 1.37. The van der Waals surface area contributed by atoms with Gasteiger partial charge in [-0.2, -0.15) is 0 Å². The van der Waals surface area contributed by atoms with Crippen LogP contribution in [0.25, 0.3) is 0 Å². The summed E-state index contributed by atoms with van der Waals surface area (Å²) in [6.45, 7) is 6.01. The molecule has 0 aliphatic heterocycles. The Balaban J connectivity index is 0. The molecule has 11 heavy (non-hydrogen) atoms. The zero-order valence-electron chi connectivity index (χ0n) is 8.10. The molecular formula is C9H24N2. The second kappa shape index (κ2) is 16.5. The van der Waals surface area contributed by atoms with E-state index in [0.29, 0.717) is 0 Å². The summed E-state index contributed by atoms with van der Waals surface area (Å²) in [5, 5.41) is 0. The van der Waals surface area contributed by atoms with Crippen molar-refractivity contribution in [2.24, 2.45) is 11.5 Å². The molecule has 2 nitrogen and oxygen atoms in total. The Morgan fingerprint density at radius 2 is 1.18 bits per heavy atom. The summed E-state index contributed by atoms with van der Waals surface area (Å²) in [7, 11) is 0. The van der Waals surface area contributed by atoms with E-state index in [1.54, 1.807) is 0 Å². The molecule has 0 fully saturated rings. The molecule has 0 atom stereocenters. The summed E-state index contributed by atoms with van der Waals surface area (Å²) in [5.41, 5.74) is 10.4. The van der Waals surface area contributed by atoms with Crippen LogP contribution in [0.3, 0.4) is 0 Å². The van der Waals surface area contributed by atoms with E-state index >= 15 is 0 Å². The Morgan fingerprint density at radius 1 is 0.727 bits per heavy atom. The molecular weight excluding hydrogens is 136 g/mol. The monoisotopic (exact) mass is 160 g/mol. The molecule has 0 spiro atoms. The summed E-state index contributed by atoms with van der Waals surface area (Å²) in [4.78, 5) is 0. The Labute approximate surface area is 71.3 Å². The van der Waals surface area contributed by atoms with Crippen molar-refractivity contribution in [3.05, 3.63) is 0 Å². The predicted molar refractivity (Wildman–Crippen MR) is 52.5 cm³/mol. The van der Waals surface area contributed by atoms with E-state index in [9.17, 15) is 0 Å². The van der Waals surface area contributed by atoms with Crippen molar-refractivity contribution < 1.29 is 0 Å². The predicted octanol–water partition coefficient (Wildman–Crippen LogP) is 1.88. The third kappa shape index (κ3) is 25.7. The van der Waals surface area contributed by atoms with E-state index in [2.05, 4.69) is 13.8 Å². The Hall–Kier alpha value is -0.0800. The molecule has 0 radical (unpaired) electrons. The van der Waals surface area contributed by atoms with Crippen LogP contribution in [0.2, 0.25) is 0 Å². The zero-order chi connectivity index (χ0) is 8.95. The highest BCUT2D eigenvalue weighted by Crippen LogP contribution is 1.88. The largest absolute Gasteiger partial charge is 0.330 e. The second-order valence-corrected chi connectivity index (χ2v) is 2.64. The van der Waals surface area contributed by atoms with Gasteiger partial charge in [-0.15, -0.1) is 0 Å². The SMILES string of the molecule is CCCCCN.CCCCN. The van der Waals surface area contributed by atoms with Crippen molar-refractivity contribution in [1.29, 1.82) is 0 Å². The minimum Gasteiger partial charge on any atom is -0.330 e. The summed E-state index contributed by atoms with van der Waals surface area (Å²) in [6, 6.07) is 0. The minimum absolute atomic E-state index is 0.844. The Morgan fingerprint density at radius 3 is 1.27 bits per heavy atom. The van der Waals surface area contributed by atoms with Crippen molar-refractivity contribution in [3.63, 3.8) is 0 Å². The van der Waals surface area contributed by atoms with Gasteiger partial charge in [-0.1, -0.05) is 33.1 Å². The summed E-state index contributed by atoms with van der Waals surface area (Å²) in [6.07, 6.45) is 6.14. The van der Waals surface area contributed by atoms with Gasteiger partial charge in [0.25, 0.3) is 0 Å². The van der Waals surface area contributed by atoms with Crippen LogP contribution in [-0.4, -0.2) is 13.1 Å². The average Bonchev–Trinajstić information content (AvgIpc) is 2.04. The molecule has 70 valence electrons. The van der Waals surface area contributed by atoms with E-state index in [-0.39, 0.29) is 0 Å². The molecule has 0 aromatic carbocycles. The smallest absolute Gasteiger partial charge is 0.00773 e. The number of nitrogens with two attached hydrogens (primary N) is 2. The number of rotatable bonds is 5. The van der Waals surface area contributed by atoms with Crippen LogP contribution in [-0.2, 0) is 0 Å². The zero-order valence-corrected chi connectivity index (χ0v) is 8.10. The molecule has 0 bridgehead atoms. The molecule has 0 aromatic heterocycles. The summed E-state index contributed by atoms with van der Waals surface area (Å²) < 4.78 is 0. The van der Waals surface area contributed by atoms with E-state index in [4.69, 9.17) is 11.5 Å². The van der Waals surface area contributed by atoms with Gasteiger partial charge in [-0.25, -0.2) is 0 Å². The van der Waals surface area contributed by atoms with Crippen molar-refractivity contribution in [3.8, 4) is 0 Å². The van der Waals surface area contributed by atoms with Gasteiger partial charge < -0.3 is 11.5 Å². The average molecular weight is 160 g/mol. The number of hydrogen-bond donors (Lipinski definition) is 2. The van der Waals surface area contributed by atoms with Gasteiger partial charge in [0.15, 0.2) is 0 Å². The van der Waals surface area contributed by atoms with Gasteiger partial charge >= 0.3 is 0 Å². The Kier molecular flexibility index (Phi) is 20.2. The molecule has 0 aromatic rings. The van der Waals surface area contributed by atoms with Gasteiger partial charge in [0.2, 0.25) is 0 Å². The van der Waals surface area contributed by atoms with Crippen LogP contribution < -0.4 is 11.5 Å². The van der Waals surface area contributed by atoms with Crippen molar-refractivity contribution >= 4 is 0 Å². The van der Waals surface area contributed by atoms with Crippen LogP contribution in [0, 0.1) is 0 Å². The lowest BCUT2D eigenvalue weighted by Gasteiger charge is -1.86. The maximum absolute atomic E-state index is 5.21. The van der Waals surface area contributed by atoms with Gasteiger partial charge in [0.05, 0.1) is 0 Å². The quantitative estimate of drug-likeness (QED) is 0.603. The standard InChI is InChI=1S/C5H13N.C4H11N/c1-2-3-4-5-6;1-2-3-4-5/h2-6H2,1H3;2-5H2,1H3. The maximum atomic E-state index is 5.21. The fourth-order valence-electron chi connectivity index (χ4n) is 0.598. The highest BCUT2D eigenvalue weighted by Gasteiger charge is 1.75. The number of hydrogen-bond acceptors (Lipinski definition) is 2. The molecule has 0 amide bonds. The molecule has 0 aliphatic rings. The third-order valence-corrected chi connectivity index (χ3v) is 1.37. The Bertz CT molecular complexity index is 40.8. The highest BCUT2D eigenvalue weighted by atomic mass is 14.5. The highest BCUT2D eigenvalue weighted by molar-refractivity contribution is 4.35. The molecule has 0 rings (SSSR count). The molecule has 2 heteroatoms. The first-order chi connectivity index (χ1) is 5.33. The van der Waals surface area contributed by atoms with Crippen LogP contribution in [0.15, 0.2) is 0 Å². The van der Waals surface area contributed by atoms with E-state index < -0.39 is 0 Å². The first-order valence-corrected chi connectivity index (χ1v) is 4.73. The lowest BCUT2D eigenvalue weighted by molar-refractivity contribution is 0.727. The number of unbranched alkanes of at least 4 members (excludes halogenated alkanes) is 3. The van der Waals surface area contributed by atoms with Crippen LogP contribution >= 0.6 is 0 Å². The fourth-order valence-corrected chi connectivity index (χ4v) is 0.598. The summed E-state index contributed by atoms with van der Waals surface area (Å²) in [5.74, 6) is 0. The molecule has 0 unspecified atom stereocenters. The molecule has 4 N–H and O–H groups in total. The van der Waals surface area contributed by atoms with Crippen LogP contribution in [0.1, 0.15) is 46.0 Å². The molecule has 0 heterocycles. The molecule has 0 aliphatic carbocycles. The molecule has 0 saturated heterocycles. The van der Waals surface area contributed by atoms with E-state index in [1.807, 2.05) is 0 Å². The fraction of sp³-hybridized carbons (Fsp3) is 1.00. The van der Waals surface area contributed by atoms with E-state index in [1.165, 1.54) is 32.1 Å². The normalized spacial score (nSPS) is 8.73. The minimum atomic E-state index is 0.844. The maximum Gasteiger partial charge on any atom is -0.00773 e. The second-order valence-electron chi connectivity index (χ2n) is 2.64. The topological polar surface area (TPSA) is 52.0 Å². The van der Waals surface area contributed by atoms with Gasteiger partial charge in [-0.05, 0) is 25.9 Å². The first kappa shape index (κ1) is 13.5. The van der Waals surface area contributed by atoms with Crippen LogP contribution in [0.5, 0.6) is 0 Å². The van der Waals surface area contributed by atoms with Crippen LogP contribution in [0.4, 0.5) is 0 Å². The van der Waals surface area contributed by atoms with Crippen molar-refractivity contribution in [1.82, 2.24) is 0 Å².